The van der Waals surface area contributed by atoms with E-state index in [2.05, 4.69) is 12.2 Å². The maximum absolute atomic E-state index is 7.03. The number of hydrogen-bond donors (Lipinski definition) is 2. The Labute approximate surface area is 129 Å². The first-order chi connectivity index (χ1) is 10.1. The van der Waals surface area contributed by atoms with Gasteiger partial charge in [-0.25, -0.2) is 0 Å². The van der Waals surface area contributed by atoms with Gasteiger partial charge in [0.15, 0.2) is 0 Å². The van der Waals surface area contributed by atoms with Gasteiger partial charge in [0.05, 0.1) is 0 Å². The Bertz CT molecular complexity index is 397. The van der Waals surface area contributed by atoms with E-state index in [4.69, 9.17) is 5.73 Å². The fourth-order valence-corrected chi connectivity index (χ4v) is 6.79. The van der Waals surface area contributed by atoms with Crippen molar-refractivity contribution in [3.05, 3.63) is 0 Å². The fraction of sp³-hybridized carbons (Fsp3) is 1.00. The van der Waals surface area contributed by atoms with E-state index in [1.165, 1.54) is 51.4 Å². The lowest BCUT2D eigenvalue weighted by atomic mass is 9.49. The molecule has 6 aliphatic carbocycles. The molecule has 0 aromatic heterocycles. The summed E-state index contributed by atoms with van der Waals surface area (Å²) >= 11 is 0. The second-order valence-corrected chi connectivity index (χ2v) is 9.51. The zero-order chi connectivity index (χ0) is 14.2. The van der Waals surface area contributed by atoms with E-state index in [0.717, 1.165) is 41.5 Å². The molecule has 2 atom stereocenters. The lowest BCUT2D eigenvalue weighted by Gasteiger charge is -2.58. The zero-order valence-electron chi connectivity index (χ0n) is 13.6. The third-order valence-electron chi connectivity index (χ3n) is 7.92. The van der Waals surface area contributed by atoms with Gasteiger partial charge in [0.25, 0.3) is 0 Å². The van der Waals surface area contributed by atoms with E-state index in [1.54, 1.807) is 6.42 Å². The summed E-state index contributed by atoms with van der Waals surface area (Å²) in [6.07, 6.45) is 13.2. The number of rotatable bonds is 5. The minimum Gasteiger partial charge on any atom is -0.326 e. The van der Waals surface area contributed by atoms with Gasteiger partial charge in [0, 0.05) is 17.6 Å². The summed E-state index contributed by atoms with van der Waals surface area (Å²) in [5.74, 6) is 5.77. The summed E-state index contributed by atoms with van der Waals surface area (Å²) in [6.45, 7) is 2.48. The molecule has 0 aromatic carbocycles. The van der Waals surface area contributed by atoms with Crippen LogP contribution in [0.2, 0.25) is 0 Å². The maximum Gasteiger partial charge on any atom is 0.0338 e. The van der Waals surface area contributed by atoms with Crippen LogP contribution in [0.25, 0.3) is 0 Å². The van der Waals surface area contributed by atoms with Gasteiger partial charge in [-0.2, -0.15) is 0 Å². The van der Waals surface area contributed by atoms with E-state index >= 15 is 0 Å². The van der Waals surface area contributed by atoms with Crippen molar-refractivity contribution in [2.75, 3.05) is 0 Å². The summed E-state index contributed by atoms with van der Waals surface area (Å²) in [5.41, 5.74) is 7.27. The quantitative estimate of drug-likeness (QED) is 0.814. The van der Waals surface area contributed by atoms with Crippen LogP contribution < -0.4 is 11.1 Å². The molecule has 6 aliphatic rings. The van der Waals surface area contributed by atoms with Crippen molar-refractivity contribution in [2.45, 2.75) is 82.3 Å². The molecule has 3 N–H and O–H groups in total. The van der Waals surface area contributed by atoms with Gasteiger partial charge < -0.3 is 11.1 Å². The molecular weight excluding hydrogens is 256 g/mol. The van der Waals surface area contributed by atoms with Gasteiger partial charge in [-0.1, -0.05) is 0 Å². The molecule has 21 heavy (non-hydrogen) atoms. The Morgan fingerprint density at radius 1 is 0.905 bits per heavy atom. The Morgan fingerprint density at radius 2 is 1.48 bits per heavy atom. The Kier molecular flexibility index (Phi) is 2.85. The molecule has 0 amide bonds. The van der Waals surface area contributed by atoms with Crippen molar-refractivity contribution >= 4 is 0 Å². The van der Waals surface area contributed by atoms with Gasteiger partial charge in [0.2, 0.25) is 0 Å². The molecule has 0 spiro atoms. The molecule has 0 aromatic rings. The van der Waals surface area contributed by atoms with Crippen LogP contribution in [0.5, 0.6) is 0 Å². The molecule has 6 saturated carbocycles. The standard InChI is InChI=1S/C19H32N2/c1-19(15-2-3-15,21-16-4-5-16)18(20)17-13-7-11-6-12(9-13)10-14(17)8-11/h11-18,21H,2-10,20H2,1H3. The molecule has 2 heteroatoms. The number of nitrogens with one attached hydrogen (secondary N) is 1. The second kappa shape index (κ2) is 4.47. The third-order valence-corrected chi connectivity index (χ3v) is 7.92. The predicted molar refractivity (Wildman–Crippen MR) is 85.8 cm³/mol. The normalized spacial score (nSPS) is 49.1. The molecule has 0 heterocycles. The molecule has 2 nitrogen and oxygen atoms in total. The minimum absolute atomic E-state index is 0.237. The maximum atomic E-state index is 7.03. The second-order valence-electron chi connectivity index (χ2n) is 9.51. The van der Waals surface area contributed by atoms with Crippen LogP contribution in [0.1, 0.15) is 64.7 Å². The van der Waals surface area contributed by atoms with Gasteiger partial charge in [-0.05, 0) is 100 Å². The first-order valence-electron chi connectivity index (χ1n) is 9.66. The molecule has 0 aliphatic heterocycles. The van der Waals surface area contributed by atoms with E-state index in [0.29, 0.717) is 6.04 Å². The molecule has 118 valence electrons. The average Bonchev–Trinajstić information content (AvgIpc) is 3.31. The Balaban J connectivity index is 1.40. The highest BCUT2D eigenvalue weighted by Gasteiger charge is 2.56. The Morgan fingerprint density at radius 3 is 1.95 bits per heavy atom. The predicted octanol–water partition coefficient (Wildman–Crippen LogP) is 3.31. The molecule has 0 saturated heterocycles. The Hall–Kier alpha value is -0.0800. The molecule has 6 rings (SSSR count). The third kappa shape index (κ3) is 2.12. The van der Waals surface area contributed by atoms with Gasteiger partial charge in [-0.15, -0.1) is 0 Å². The highest BCUT2D eigenvalue weighted by molar-refractivity contribution is 5.13. The summed E-state index contributed by atoms with van der Waals surface area (Å²) in [4.78, 5) is 0. The van der Waals surface area contributed by atoms with Crippen molar-refractivity contribution in [1.29, 1.82) is 0 Å². The molecular formula is C19H32N2. The first-order valence-corrected chi connectivity index (χ1v) is 9.66. The van der Waals surface area contributed by atoms with Crippen LogP contribution in [-0.2, 0) is 0 Å². The van der Waals surface area contributed by atoms with Gasteiger partial charge in [0.1, 0.15) is 0 Å². The summed E-state index contributed by atoms with van der Waals surface area (Å²) in [7, 11) is 0. The highest BCUT2D eigenvalue weighted by Crippen LogP contribution is 2.59. The van der Waals surface area contributed by atoms with Crippen molar-refractivity contribution in [2.24, 2.45) is 41.2 Å². The van der Waals surface area contributed by atoms with Crippen LogP contribution in [0, 0.1) is 35.5 Å². The van der Waals surface area contributed by atoms with Crippen LogP contribution in [0.15, 0.2) is 0 Å². The van der Waals surface area contributed by atoms with Crippen LogP contribution in [-0.4, -0.2) is 17.6 Å². The summed E-state index contributed by atoms with van der Waals surface area (Å²) in [5, 5.41) is 4.01. The fourth-order valence-electron chi connectivity index (χ4n) is 6.79. The molecule has 0 radical (unpaired) electrons. The van der Waals surface area contributed by atoms with E-state index in [9.17, 15) is 0 Å². The van der Waals surface area contributed by atoms with E-state index in [-0.39, 0.29) is 5.54 Å². The number of nitrogens with two attached hydrogens (primary N) is 1. The molecule has 4 bridgehead atoms. The monoisotopic (exact) mass is 288 g/mol. The largest absolute Gasteiger partial charge is 0.326 e. The topological polar surface area (TPSA) is 38.0 Å². The SMILES string of the molecule is CC(NC1CC1)(C1CC1)C(N)C1C2CC3CC(C2)CC1C3. The van der Waals surface area contributed by atoms with Crippen LogP contribution >= 0.6 is 0 Å². The lowest BCUT2D eigenvalue weighted by Crippen LogP contribution is -2.65. The lowest BCUT2D eigenvalue weighted by molar-refractivity contribution is -0.0610. The van der Waals surface area contributed by atoms with Crippen LogP contribution in [0.3, 0.4) is 0 Å². The number of hydrogen-bond acceptors (Lipinski definition) is 2. The van der Waals surface area contributed by atoms with E-state index < -0.39 is 0 Å². The zero-order valence-corrected chi connectivity index (χ0v) is 13.6. The van der Waals surface area contributed by atoms with Crippen molar-refractivity contribution in [3.8, 4) is 0 Å². The summed E-state index contributed by atoms with van der Waals surface area (Å²) in [6, 6.07) is 1.19. The molecule has 2 unspecified atom stereocenters. The van der Waals surface area contributed by atoms with Gasteiger partial charge in [-0.3, -0.25) is 0 Å². The van der Waals surface area contributed by atoms with Crippen LogP contribution in [0.4, 0.5) is 0 Å². The molecule has 6 fully saturated rings. The van der Waals surface area contributed by atoms with E-state index in [1.807, 2.05) is 0 Å². The van der Waals surface area contributed by atoms with Gasteiger partial charge >= 0.3 is 0 Å². The highest BCUT2D eigenvalue weighted by atomic mass is 15.1. The minimum atomic E-state index is 0.237. The smallest absolute Gasteiger partial charge is 0.0338 e. The first kappa shape index (κ1) is 13.4. The van der Waals surface area contributed by atoms with Crippen molar-refractivity contribution < 1.29 is 0 Å². The summed E-state index contributed by atoms with van der Waals surface area (Å²) < 4.78 is 0. The van der Waals surface area contributed by atoms with Crippen molar-refractivity contribution in [1.82, 2.24) is 5.32 Å². The van der Waals surface area contributed by atoms with Crippen molar-refractivity contribution in [3.63, 3.8) is 0 Å². The average molecular weight is 288 g/mol.